The van der Waals surface area contributed by atoms with Gasteiger partial charge in [0.15, 0.2) is 0 Å². The molecular weight excluding hydrogens is 252 g/mol. The van der Waals surface area contributed by atoms with Crippen LogP contribution in [0.25, 0.3) is 0 Å². The number of carbonyl (C=O) groups excluding carboxylic acids is 1. The highest BCUT2D eigenvalue weighted by Gasteiger charge is 2.36. The number of aliphatic carboxylic acids is 1. The van der Waals surface area contributed by atoms with Crippen molar-refractivity contribution >= 4 is 12.0 Å². The van der Waals surface area contributed by atoms with Crippen molar-refractivity contribution in [1.82, 2.24) is 10.2 Å². The maximum atomic E-state index is 12.1. The van der Waals surface area contributed by atoms with Gasteiger partial charge in [0.1, 0.15) is 0 Å². The number of nitrogens with one attached hydrogen (secondary N) is 1. The van der Waals surface area contributed by atoms with Crippen molar-refractivity contribution in [2.45, 2.75) is 31.3 Å². The number of aliphatic hydroxyl groups excluding tert-OH is 1. The van der Waals surface area contributed by atoms with E-state index in [4.69, 9.17) is 9.84 Å². The summed E-state index contributed by atoms with van der Waals surface area (Å²) in [5, 5.41) is 21.1. The van der Waals surface area contributed by atoms with Crippen LogP contribution in [-0.4, -0.2) is 65.6 Å². The molecule has 7 nitrogen and oxygen atoms in total. The number of ether oxygens (including phenoxy) is 1. The van der Waals surface area contributed by atoms with E-state index in [1.165, 1.54) is 4.90 Å². The summed E-state index contributed by atoms with van der Waals surface area (Å²) in [4.78, 5) is 24.7. The lowest BCUT2D eigenvalue weighted by Crippen LogP contribution is -2.56. The van der Waals surface area contributed by atoms with E-state index in [-0.39, 0.29) is 24.7 Å². The number of hydrogen-bond donors (Lipinski definition) is 3. The smallest absolute Gasteiger partial charge is 0.318 e. The molecule has 0 radical (unpaired) electrons. The van der Waals surface area contributed by atoms with Crippen LogP contribution in [0.5, 0.6) is 0 Å². The molecule has 0 aromatic carbocycles. The lowest BCUT2D eigenvalue weighted by molar-refractivity contribution is -0.142. The van der Waals surface area contributed by atoms with Gasteiger partial charge in [0, 0.05) is 12.6 Å². The van der Waals surface area contributed by atoms with Crippen LogP contribution >= 0.6 is 0 Å². The molecule has 108 valence electrons. The van der Waals surface area contributed by atoms with Crippen LogP contribution in [0.15, 0.2) is 0 Å². The lowest BCUT2D eigenvalue weighted by atomic mass is 10.0. The zero-order valence-corrected chi connectivity index (χ0v) is 10.7. The molecule has 7 heteroatoms. The Balaban J connectivity index is 1.94. The first-order chi connectivity index (χ1) is 9.13. The van der Waals surface area contributed by atoms with Crippen molar-refractivity contribution in [3.8, 4) is 0 Å². The molecule has 3 unspecified atom stereocenters. The number of nitrogens with zero attached hydrogens (tertiary/aromatic N) is 1. The second kappa shape index (κ2) is 6.21. The Labute approximate surface area is 111 Å². The highest BCUT2D eigenvalue weighted by molar-refractivity contribution is 5.77. The van der Waals surface area contributed by atoms with E-state index in [0.717, 1.165) is 6.42 Å². The van der Waals surface area contributed by atoms with Gasteiger partial charge in [0.25, 0.3) is 0 Å². The fourth-order valence-electron chi connectivity index (χ4n) is 2.74. The molecule has 0 spiro atoms. The van der Waals surface area contributed by atoms with Crippen molar-refractivity contribution in [3.05, 3.63) is 0 Å². The maximum Gasteiger partial charge on any atom is 0.318 e. The van der Waals surface area contributed by atoms with E-state index in [0.29, 0.717) is 32.6 Å². The minimum atomic E-state index is -0.858. The van der Waals surface area contributed by atoms with Gasteiger partial charge in [0.2, 0.25) is 0 Å². The summed E-state index contributed by atoms with van der Waals surface area (Å²) < 4.78 is 5.21. The molecule has 1 aliphatic heterocycles. The van der Waals surface area contributed by atoms with Crippen LogP contribution < -0.4 is 5.32 Å². The standard InChI is InChI=1S/C12H20N2O5/c15-6-8-7-19-5-4-14(8)12(18)13-10-3-1-2-9(10)11(16)17/h8-10,15H,1-7H2,(H,13,18)(H,16,17). The summed E-state index contributed by atoms with van der Waals surface area (Å²) in [5.41, 5.74) is 0. The first kappa shape index (κ1) is 14.1. The number of aliphatic hydroxyl groups is 1. The van der Waals surface area contributed by atoms with Crippen molar-refractivity contribution in [1.29, 1.82) is 0 Å². The fraction of sp³-hybridized carbons (Fsp3) is 0.833. The average Bonchev–Trinajstić information content (AvgIpc) is 2.87. The Bertz CT molecular complexity index is 349. The molecule has 0 aromatic rings. The zero-order chi connectivity index (χ0) is 13.8. The van der Waals surface area contributed by atoms with Crippen molar-refractivity contribution < 1.29 is 24.5 Å². The van der Waals surface area contributed by atoms with Crippen LogP contribution in [-0.2, 0) is 9.53 Å². The molecule has 3 N–H and O–H groups in total. The van der Waals surface area contributed by atoms with Gasteiger partial charge in [0.05, 0.1) is 31.8 Å². The van der Waals surface area contributed by atoms with Gasteiger partial charge in [-0.2, -0.15) is 0 Å². The van der Waals surface area contributed by atoms with Gasteiger partial charge in [-0.3, -0.25) is 4.79 Å². The van der Waals surface area contributed by atoms with Crippen LogP contribution in [0.2, 0.25) is 0 Å². The molecule has 0 bridgehead atoms. The van der Waals surface area contributed by atoms with Gasteiger partial charge in [-0.1, -0.05) is 6.42 Å². The normalized spacial score (nSPS) is 31.2. The van der Waals surface area contributed by atoms with E-state index >= 15 is 0 Å². The number of rotatable bonds is 3. The lowest BCUT2D eigenvalue weighted by Gasteiger charge is -2.35. The molecule has 1 heterocycles. The Kier molecular flexibility index (Phi) is 4.60. The van der Waals surface area contributed by atoms with Gasteiger partial charge < -0.3 is 25.2 Å². The van der Waals surface area contributed by atoms with E-state index in [9.17, 15) is 14.7 Å². The Morgan fingerprint density at radius 3 is 2.84 bits per heavy atom. The Morgan fingerprint density at radius 1 is 1.37 bits per heavy atom. The second-order valence-electron chi connectivity index (χ2n) is 5.04. The van der Waals surface area contributed by atoms with Gasteiger partial charge in [-0.25, -0.2) is 4.79 Å². The quantitative estimate of drug-likeness (QED) is 0.652. The predicted molar refractivity (Wildman–Crippen MR) is 65.7 cm³/mol. The van der Waals surface area contributed by atoms with Crippen molar-refractivity contribution in [3.63, 3.8) is 0 Å². The van der Waals surface area contributed by atoms with E-state index in [2.05, 4.69) is 5.32 Å². The summed E-state index contributed by atoms with van der Waals surface area (Å²) in [5.74, 6) is -1.36. The third kappa shape index (κ3) is 3.16. The minimum Gasteiger partial charge on any atom is -0.481 e. The molecule has 3 atom stereocenters. The molecule has 2 aliphatic rings. The first-order valence-corrected chi connectivity index (χ1v) is 6.62. The predicted octanol–water partition coefficient (Wildman–Crippen LogP) is -0.358. The molecule has 2 rings (SSSR count). The van der Waals surface area contributed by atoms with E-state index < -0.39 is 11.9 Å². The second-order valence-corrected chi connectivity index (χ2v) is 5.04. The molecule has 1 saturated heterocycles. The number of morpholine rings is 1. The number of urea groups is 1. The molecular formula is C12H20N2O5. The minimum absolute atomic E-state index is 0.152. The Hall–Kier alpha value is -1.34. The topological polar surface area (TPSA) is 99.1 Å². The maximum absolute atomic E-state index is 12.1. The average molecular weight is 272 g/mol. The van der Waals surface area contributed by atoms with Crippen LogP contribution in [0.1, 0.15) is 19.3 Å². The molecule has 19 heavy (non-hydrogen) atoms. The highest BCUT2D eigenvalue weighted by atomic mass is 16.5. The number of carboxylic acid groups (broad SMARTS) is 1. The summed E-state index contributed by atoms with van der Waals surface area (Å²) in [6.07, 6.45) is 2.11. The van der Waals surface area contributed by atoms with Crippen molar-refractivity contribution in [2.24, 2.45) is 5.92 Å². The summed E-state index contributed by atoms with van der Waals surface area (Å²) in [6, 6.07) is -0.967. The number of amides is 2. The van der Waals surface area contributed by atoms with Crippen molar-refractivity contribution in [2.75, 3.05) is 26.4 Å². The summed E-state index contributed by atoms with van der Waals surface area (Å²) in [7, 11) is 0. The van der Waals surface area contributed by atoms with E-state index in [1.54, 1.807) is 0 Å². The third-order valence-corrected chi connectivity index (χ3v) is 3.84. The number of carbonyl (C=O) groups is 2. The zero-order valence-electron chi connectivity index (χ0n) is 10.7. The van der Waals surface area contributed by atoms with Crippen LogP contribution in [0.3, 0.4) is 0 Å². The van der Waals surface area contributed by atoms with Crippen LogP contribution in [0.4, 0.5) is 4.79 Å². The molecule has 2 amide bonds. The first-order valence-electron chi connectivity index (χ1n) is 6.62. The summed E-state index contributed by atoms with van der Waals surface area (Å²) in [6.45, 7) is 1.02. The largest absolute Gasteiger partial charge is 0.481 e. The van der Waals surface area contributed by atoms with Crippen LogP contribution in [0, 0.1) is 5.92 Å². The van der Waals surface area contributed by atoms with Gasteiger partial charge in [-0.15, -0.1) is 0 Å². The SMILES string of the molecule is O=C(O)C1CCCC1NC(=O)N1CCOCC1CO. The third-order valence-electron chi connectivity index (χ3n) is 3.84. The highest BCUT2D eigenvalue weighted by Crippen LogP contribution is 2.26. The number of hydrogen-bond acceptors (Lipinski definition) is 4. The molecule has 1 aliphatic carbocycles. The summed E-state index contributed by atoms with van der Waals surface area (Å²) >= 11 is 0. The molecule has 1 saturated carbocycles. The number of carboxylic acids is 1. The fourth-order valence-corrected chi connectivity index (χ4v) is 2.74. The monoisotopic (exact) mass is 272 g/mol. The molecule has 0 aromatic heterocycles. The van der Waals surface area contributed by atoms with Gasteiger partial charge in [-0.05, 0) is 12.8 Å². The van der Waals surface area contributed by atoms with E-state index in [1.807, 2.05) is 0 Å². The molecule has 2 fully saturated rings. The van der Waals surface area contributed by atoms with Gasteiger partial charge >= 0.3 is 12.0 Å². The Morgan fingerprint density at radius 2 is 2.16 bits per heavy atom.